The lowest BCUT2D eigenvalue weighted by Gasteiger charge is -2.31. The Morgan fingerprint density at radius 2 is 1.93 bits per heavy atom. The molecule has 138 valence electrons. The average Bonchev–Trinajstić information content (AvgIpc) is 2.69. The number of H-pyrrole nitrogens is 1. The number of hydrogen-bond acceptors (Lipinski definition) is 4. The topological polar surface area (TPSA) is 61.9 Å². The van der Waals surface area contributed by atoms with Crippen molar-refractivity contribution in [2.24, 2.45) is 0 Å². The number of aromatic nitrogens is 3. The van der Waals surface area contributed by atoms with Crippen LogP contribution in [0.25, 0.3) is 11.4 Å². The molecule has 0 amide bonds. The zero-order chi connectivity index (χ0) is 18.6. The van der Waals surface area contributed by atoms with E-state index in [-0.39, 0.29) is 17.3 Å². The lowest BCUT2D eigenvalue weighted by molar-refractivity contribution is 0.201. The minimum absolute atomic E-state index is 0.150. The summed E-state index contributed by atoms with van der Waals surface area (Å²) in [6, 6.07) is 13.8. The summed E-state index contributed by atoms with van der Waals surface area (Å²) in [6.07, 6.45) is 3.51. The predicted octanol–water partition coefficient (Wildman–Crippen LogP) is 3.35. The van der Waals surface area contributed by atoms with Gasteiger partial charge in [-0.1, -0.05) is 18.2 Å². The van der Waals surface area contributed by atoms with Gasteiger partial charge < -0.3 is 4.98 Å². The van der Waals surface area contributed by atoms with Gasteiger partial charge in [-0.2, -0.15) is 0 Å². The molecule has 1 saturated heterocycles. The lowest BCUT2D eigenvalue weighted by Crippen LogP contribution is -2.33. The van der Waals surface area contributed by atoms with Crippen LogP contribution in [0.2, 0.25) is 0 Å². The maximum Gasteiger partial charge on any atom is 0.251 e. The Kier molecular flexibility index (Phi) is 5.07. The summed E-state index contributed by atoms with van der Waals surface area (Å²) in [6.45, 7) is 2.51. The summed E-state index contributed by atoms with van der Waals surface area (Å²) >= 11 is 0. The molecule has 0 aliphatic carbocycles. The van der Waals surface area contributed by atoms with Gasteiger partial charge in [0.1, 0.15) is 11.6 Å². The van der Waals surface area contributed by atoms with E-state index in [1.807, 2.05) is 24.3 Å². The van der Waals surface area contributed by atoms with Gasteiger partial charge in [-0.3, -0.25) is 14.7 Å². The van der Waals surface area contributed by atoms with E-state index in [9.17, 15) is 9.18 Å². The second-order valence-electron chi connectivity index (χ2n) is 6.91. The minimum atomic E-state index is -0.199. The third-order valence-corrected chi connectivity index (χ3v) is 4.96. The normalized spacial score (nSPS) is 15.7. The second-order valence-corrected chi connectivity index (χ2v) is 6.91. The van der Waals surface area contributed by atoms with Gasteiger partial charge in [-0.15, -0.1) is 0 Å². The summed E-state index contributed by atoms with van der Waals surface area (Å²) in [5.74, 6) is 0.745. The van der Waals surface area contributed by atoms with E-state index in [1.165, 1.54) is 12.1 Å². The molecule has 2 aromatic heterocycles. The fourth-order valence-corrected chi connectivity index (χ4v) is 3.57. The highest BCUT2D eigenvalue weighted by Crippen LogP contribution is 2.27. The molecule has 0 unspecified atom stereocenters. The Balaban J connectivity index is 1.45. The maximum atomic E-state index is 13.4. The fraction of sp³-hybridized carbons (Fsp3) is 0.286. The first-order valence-electron chi connectivity index (χ1n) is 9.17. The van der Waals surface area contributed by atoms with Crippen LogP contribution in [0.15, 0.2) is 59.5 Å². The summed E-state index contributed by atoms with van der Waals surface area (Å²) in [4.78, 5) is 26.3. The van der Waals surface area contributed by atoms with Crippen LogP contribution in [0.3, 0.4) is 0 Å². The van der Waals surface area contributed by atoms with Gasteiger partial charge in [-0.05, 0) is 55.8 Å². The molecule has 1 N–H and O–H groups in total. The van der Waals surface area contributed by atoms with Gasteiger partial charge in [0.15, 0.2) is 0 Å². The summed E-state index contributed by atoms with van der Waals surface area (Å²) in [5, 5.41) is 0. The predicted molar refractivity (Wildman–Crippen MR) is 102 cm³/mol. The summed E-state index contributed by atoms with van der Waals surface area (Å²) in [7, 11) is 0. The van der Waals surface area contributed by atoms with Crippen molar-refractivity contribution in [3.8, 4) is 11.4 Å². The van der Waals surface area contributed by atoms with Crippen LogP contribution in [0.1, 0.15) is 30.1 Å². The van der Waals surface area contributed by atoms with E-state index in [1.54, 1.807) is 18.3 Å². The van der Waals surface area contributed by atoms with E-state index in [4.69, 9.17) is 0 Å². The first kappa shape index (κ1) is 17.5. The van der Waals surface area contributed by atoms with Crippen molar-refractivity contribution in [1.82, 2.24) is 19.9 Å². The number of nitrogens with one attached hydrogen (secondary N) is 1. The van der Waals surface area contributed by atoms with Crippen LogP contribution < -0.4 is 5.56 Å². The van der Waals surface area contributed by atoms with E-state index in [0.717, 1.165) is 43.9 Å². The zero-order valence-electron chi connectivity index (χ0n) is 14.9. The van der Waals surface area contributed by atoms with Crippen LogP contribution in [-0.2, 0) is 6.54 Å². The third-order valence-electron chi connectivity index (χ3n) is 4.96. The molecule has 0 saturated carbocycles. The van der Waals surface area contributed by atoms with Gasteiger partial charge in [0.25, 0.3) is 5.56 Å². The Morgan fingerprint density at radius 3 is 2.67 bits per heavy atom. The molecule has 0 bridgehead atoms. The van der Waals surface area contributed by atoms with Crippen LogP contribution in [0.4, 0.5) is 4.39 Å². The van der Waals surface area contributed by atoms with E-state index >= 15 is 0 Å². The highest BCUT2D eigenvalue weighted by molar-refractivity contribution is 5.52. The molecular formula is C21H21FN4O. The summed E-state index contributed by atoms with van der Waals surface area (Å²) in [5.41, 5.74) is 2.14. The van der Waals surface area contributed by atoms with E-state index in [0.29, 0.717) is 11.4 Å². The molecule has 0 atom stereocenters. The van der Waals surface area contributed by atoms with E-state index < -0.39 is 0 Å². The highest BCUT2D eigenvalue weighted by atomic mass is 19.1. The Bertz CT molecular complexity index is 965. The first-order chi connectivity index (χ1) is 13.2. The molecule has 0 radical (unpaired) electrons. The van der Waals surface area contributed by atoms with Crippen molar-refractivity contribution in [2.75, 3.05) is 13.1 Å². The lowest BCUT2D eigenvalue weighted by atomic mass is 9.95. The highest BCUT2D eigenvalue weighted by Gasteiger charge is 2.23. The number of benzene rings is 1. The molecule has 5 nitrogen and oxygen atoms in total. The number of hydrogen-bond donors (Lipinski definition) is 1. The molecule has 1 aliphatic rings. The second kappa shape index (κ2) is 7.80. The third kappa shape index (κ3) is 4.28. The molecular weight excluding hydrogens is 343 g/mol. The maximum absolute atomic E-state index is 13.4. The molecule has 27 heavy (non-hydrogen) atoms. The fourth-order valence-electron chi connectivity index (χ4n) is 3.57. The monoisotopic (exact) mass is 364 g/mol. The number of likely N-dealkylation sites (tertiary alicyclic amines) is 1. The molecule has 1 aliphatic heterocycles. The number of nitrogens with zero attached hydrogens (tertiary/aromatic N) is 3. The quantitative estimate of drug-likeness (QED) is 0.771. The Labute approximate surface area is 156 Å². The van der Waals surface area contributed by atoms with Crippen molar-refractivity contribution < 1.29 is 4.39 Å². The van der Waals surface area contributed by atoms with Crippen LogP contribution in [-0.4, -0.2) is 32.9 Å². The molecule has 0 spiro atoms. The standard InChI is InChI=1S/C21H21FN4O/c22-17-5-3-4-15(12-17)14-26-10-7-16(8-11-26)21-24-19(13-20(27)25-21)18-6-1-2-9-23-18/h1-6,9,12-13,16H,7-8,10-11,14H2,(H,24,25,27). The molecule has 6 heteroatoms. The van der Waals surface area contributed by atoms with Crippen molar-refractivity contribution in [1.29, 1.82) is 0 Å². The van der Waals surface area contributed by atoms with Crippen molar-refractivity contribution in [3.63, 3.8) is 0 Å². The molecule has 3 aromatic rings. The average molecular weight is 364 g/mol. The molecule has 3 heterocycles. The number of pyridine rings is 1. The van der Waals surface area contributed by atoms with Crippen LogP contribution in [0, 0.1) is 5.82 Å². The minimum Gasteiger partial charge on any atom is -0.310 e. The molecule has 4 rings (SSSR count). The Hall–Kier alpha value is -2.86. The van der Waals surface area contributed by atoms with Crippen LogP contribution in [0.5, 0.6) is 0 Å². The number of aromatic amines is 1. The molecule has 1 aromatic carbocycles. The van der Waals surface area contributed by atoms with Gasteiger partial charge in [0.05, 0.1) is 11.4 Å². The van der Waals surface area contributed by atoms with Gasteiger partial charge in [0, 0.05) is 24.7 Å². The first-order valence-corrected chi connectivity index (χ1v) is 9.17. The largest absolute Gasteiger partial charge is 0.310 e. The van der Waals surface area contributed by atoms with Crippen molar-refractivity contribution >= 4 is 0 Å². The number of halogens is 1. The summed E-state index contributed by atoms with van der Waals surface area (Å²) < 4.78 is 13.4. The van der Waals surface area contributed by atoms with Crippen molar-refractivity contribution in [3.05, 3.63) is 82.3 Å². The smallest absolute Gasteiger partial charge is 0.251 e. The van der Waals surface area contributed by atoms with Gasteiger partial charge in [0.2, 0.25) is 0 Å². The molecule has 1 fully saturated rings. The van der Waals surface area contributed by atoms with Crippen LogP contribution >= 0.6 is 0 Å². The number of piperidine rings is 1. The van der Waals surface area contributed by atoms with E-state index in [2.05, 4.69) is 19.9 Å². The Morgan fingerprint density at radius 1 is 1.07 bits per heavy atom. The van der Waals surface area contributed by atoms with Gasteiger partial charge in [-0.25, -0.2) is 9.37 Å². The SMILES string of the molecule is O=c1cc(-c2ccccn2)nc(C2CCN(Cc3cccc(F)c3)CC2)[nH]1. The van der Waals surface area contributed by atoms with Gasteiger partial charge >= 0.3 is 0 Å². The van der Waals surface area contributed by atoms with Crippen molar-refractivity contribution in [2.45, 2.75) is 25.3 Å². The number of rotatable bonds is 4. The zero-order valence-corrected chi connectivity index (χ0v) is 14.9.